The van der Waals surface area contributed by atoms with Crippen LogP contribution in [0.5, 0.6) is 0 Å². The molecular weight excluding hydrogens is 442 g/mol. The van der Waals surface area contributed by atoms with E-state index in [1.807, 2.05) is 6.92 Å². The molecule has 1 heterocycles. The number of anilines is 2. The number of aryl methyl sites for hydroxylation is 3. The highest BCUT2D eigenvalue weighted by molar-refractivity contribution is 7.92. The molecule has 9 heteroatoms. The van der Waals surface area contributed by atoms with Gasteiger partial charge in [-0.2, -0.15) is 0 Å². The summed E-state index contributed by atoms with van der Waals surface area (Å²) in [4.78, 5) is 23.5. The number of rotatable bonds is 5. The molecule has 1 N–H and O–H groups in total. The molecule has 1 aliphatic rings. The number of sulfonamides is 1. The van der Waals surface area contributed by atoms with E-state index in [-0.39, 0.29) is 16.1 Å². The quantitative estimate of drug-likeness (QED) is 0.437. The molecule has 0 spiro atoms. The molecule has 0 aromatic heterocycles. The van der Waals surface area contributed by atoms with Crippen LogP contribution >= 0.6 is 0 Å². The van der Waals surface area contributed by atoms with Crippen LogP contribution < -0.4 is 9.62 Å². The van der Waals surface area contributed by atoms with Crippen molar-refractivity contribution in [1.82, 2.24) is 0 Å². The topological polar surface area (TPSA) is 110 Å². The Morgan fingerprint density at radius 3 is 2.45 bits per heavy atom. The first-order valence-corrected chi connectivity index (χ1v) is 11.9. The predicted molar refractivity (Wildman–Crippen MR) is 126 cm³/mol. The average molecular weight is 466 g/mol. The molecule has 1 amide bonds. The van der Waals surface area contributed by atoms with E-state index in [1.165, 1.54) is 22.5 Å². The van der Waals surface area contributed by atoms with Gasteiger partial charge in [-0.05, 0) is 68.7 Å². The van der Waals surface area contributed by atoms with Crippen LogP contribution in [0.25, 0.3) is 0 Å². The van der Waals surface area contributed by atoms with Crippen LogP contribution in [0.2, 0.25) is 0 Å². The molecule has 170 valence electrons. The van der Waals surface area contributed by atoms with E-state index in [0.29, 0.717) is 36.3 Å². The van der Waals surface area contributed by atoms with Gasteiger partial charge < -0.3 is 5.32 Å². The first-order valence-electron chi connectivity index (χ1n) is 10.5. The summed E-state index contributed by atoms with van der Waals surface area (Å²) in [6.45, 7) is 3.89. The maximum atomic E-state index is 13.2. The van der Waals surface area contributed by atoms with Gasteiger partial charge in [0.1, 0.15) is 0 Å². The van der Waals surface area contributed by atoms with E-state index < -0.39 is 20.9 Å². The monoisotopic (exact) mass is 465 g/mol. The SMILES string of the molecule is Cc1ccc(S(=O)(=O)N2CCCc3cc(NC(=O)c4ccc(C)c([N+](=O)[O-])c4)ccc32)cc1. The Bertz CT molecular complexity index is 1350. The van der Waals surface area contributed by atoms with Gasteiger partial charge in [0, 0.05) is 29.4 Å². The number of amides is 1. The molecule has 0 unspecified atom stereocenters. The number of fused-ring (bicyclic) bond motifs is 1. The fourth-order valence-corrected chi connectivity index (χ4v) is 5.42. The van der Waals surface area contributed by atoms with Crippen LogP contribution in [0.1, 0.15) is 33.5 Å². The normalized spacial score (nSPS) is 13.3. The van der Waals surface area contributed by atoms with Crippen molar-refractivity contribution in [3.63, 3.8) is 0 Å². The van der Waals surface area contributed by atoms with Gasteiger partial charge in [0.05, 0.1) is 15.5 Å². The minimum absolute atomic E-state index is 0.120. The second kappa shape index (κ2) is 8.67. The van der Waals surface area contributed by atoms with Gasteiger partial charge in [-0.25, -0.2) is 8.42 Å². The highest BCUT2D eigenvalue weighted by Crippen LogP contribution is 2.34. The highest BCUT2D eigenvalue weighted by Gasteiger charge is 2.29. The van der Waals surface area contributed by atoms with Gasteiger partial charge in [-0.15, -0.1) is 0 Å². The molecule has 3 aromatic rings. The van der Waals surface area contributed by atoms with Crippen LogP contribution in [0.3, 0.4) is 0 Å². The molecular formula is C24H23N3O5S. The zero-order valence-electron chi connectivity index (χ0n) is 18.2. The van der Waals surface area contributed by atoms with Crippen LogP contribution in [0.15, 0.2) is 65.6 Å². The van der Waals surface area contributed by atoms with Gasteiger partial charge >= 0.3 is 0 Å². The molecule has 0 aliphatic carbocycles. The van der Waals surface area contributed by atoms with Crippen molar-refractivity contribution in [1.29, 1.82) is 0 Å². The van der Waals surface area contributed by atoms with Crippen LogP contribution in [0.4, 0.5) is 17.1 Å². The van der Waals surface area contributed by atoms with Crippen molar-refractivity contribution >= 4 is 33.0 Å². The maximum absolute atomic E-state index is 13.2. The summed E-state index contributed by atoms with van der Waals surface area (Å²) < 4.78 is 27.9. The molecule has 8 nitrogen and oxygen atoms in total. The van der Waals surface area contributed by atoms with Gasteiger partial charge in [-0.3, -0.25) is 19.2 Å². The van der Waals surface area contributed by atoms with E-state index in [1.54, 1.807) is 49.4 Å². The largest absolute Gasteiger partial charge is 0.322 e. The maximum Gasteiger partial charge on any atom is 0.273 e. The van der Waals surface area contributed by atoms with E-state index >= 15 is 0 Å². The Morgan fingerprint density at radius 1 is 1.03 bits per heavy atom. The zero-order valence-corrected chi connectivity index (χ0v) is 19.1. The summed E-state index contributed by atoms with van der Waals surface area (Å²) in [5.74, 6) is -0.474. The number of nitrogens with zero attached hydrogens (tertiary/aromatic N) is 2. The number of hydrogen-bond acceptors (Lipinski definition) is 5. The highest BCUT2D eigenvalue weighted by atomic mass is 32.2. The van der Waals surface area contributed by atoms with Crippen molar-refractivity contribution in [3.8, 4) is 0 Å². The molecule has 0 bridgehead atoms. The van der Waals surface area contributed by atoms with Crippen molar-refractivity contribution < 1.29 is 18.1 Å². The first-order chi connectivity index (χ1) is 15.7. The fourth-order valence-electron chi connectivity index (χ4n) is 3.88. The molecule has 0 saturated heterocycles. The van der Waals surface area contributed by atoms with Crippen molar-refractivity contribution in [2.45, 2.75) is 31.6 Å². The molecule has 3 aromatic carbocycles. The second-order valence-electron chi connectivity index (χ2n) is 8.05. The Hall–Kier alpha value is -3.72. The summed E-state index contributed by atoms with van der Waals surface area (Å²) in [5.41, 5.74) is 3.40. The van der Waals surface area contributed by atoms with Crippen molar-refractivity contribution in [2.75, 3.05) is 16.2 Å². The smallest absolute Gasteiger partial charge is 0.273 e. The minimum Gasteiger partial charge on any atom is -0.322 e. The molecule has 0 atom stereocenters. The average Bonchev–Trinajstić information content (AvgIpc) is 2.78. The number of benzene rings is 3. The number of carbonyl (C=O) groups is 1. The van der Waals surface area contributed by atoms with Crippen LogP contribution in [-0.4, -0.2) is 25.8 Å². The minimum atomic E-state index is -3.71. The van der Waals surface area contributed by atoms with Gasteiger partial charge in [-0.1, -0.05) is 23.8 Å². The van der Waals surface area contributed by atoms with E-state index in [0.717, 1.165) is 11.1 Å². The number of nitrogens with one attached hydrogen (secondary N) is 1. The van der Waals surface area contributed by atoms with Crippen LogP contribution in [0, 0.1) is 24.0 Å². The zero-order chi connectivity index (χ0) is 23.8. The van der Waals surface area contributed by atoms with Gasteiger partial charge in [0.2, 0.25) is 0 Å². The lowest BCUT2D eigenvalue weighted by atomic mass is 10.0. The summed E-state index contributed by atoms with van der Waals surface area (Å²) in [7, 11) is -3.71. The van der Waals surface area contributed by atoms with E-state index in [4.69, 9.17) is 0 Å². The standard InChI is InChI=1S/C24H23N3O5S/c1-16-5-10-21(11-6-16)33(31,32)26-13-3-4-18-14-20(9-12-22(18)26)25-24(28)19-8-7-17(2)23(15-19)27(29)30/h5-12,14-15H,3-4,13H2,1-2H3,(H,25,28). The number of nitro benzene ring substituents is 1. The van der Waals surface area contributed by atoms with Crippen LogP contribution in [-0.2, 0) is 16.4 Å². The van der Waals surface area contributed by atoms with Crippen molar-refractivity contribution in [3.05, 3.63) is 93.0 Å². The van der Waals surface area contributed by atoms with E-state index in [2.05, 4.69) is 5.32 Å². The lowest BCUT2D eigenvalue weighted by Crippen LogP contribution is -2.35. The second-order valence-corrected chi connectivity index (χ2v) is 9.91. The Morgan fingerprint density at radius 2 is 1.76 bits per heavy atom. The van der Waals surface area contributed by atoms with Crippen molar-refractivity contribution in [2.24, 2.45) is 0 Å². The summed E-state index contributed by atoms with van der Waals surface area (Å²) in [6.07, 6.45) is 1.33. The molecule has 33 heavy (non-hydrogen) atoms. The molecule has 0 radical (unpaired) electrons. The van der Waals surface area contributed by atoms with E-state index in [9.17, 15) is 23.3 Å². The third-order valence-electron chi connectivity index (χ3n) is 5.69. The lowest BCUT2D eigenvalue weighted by Gasteiger charge is -2.31. The summed E-state index contributed by atoms with van der Waals surface area (Å²) in [5, 5.41) is 13.9. The summed E-state index contributed by atoms with van der Waals surface area (Å²) in [6, 6.07) is 16.2. The lowest BCUT2D eigenvalue weighted by molar-refractivity contribution is -0.385. The first kappa shape index (κ1) is 22.5. The Labute approximate surface area is 192 Å². The third kappa shape index (κ3) is 4.45. The Kier molecular flexibility index (Phi) is 5.90. The molecule has 1 aliphatic heterocycles. The van der Waals surface area contributed by atoms with Gasteiger partial charge in [0.25, 0.3) is 21.6 Å². The Balaban J connectivity index is 1.60. The van der Waals surface area contributed by atoms with Gasteiger partial charge in [0.15, 0.2) is 0 Å². The predicted octanol–water partition coefficient (Wildman–Crippen LogP) is 4.61. The number of hydrogen-bond donors (Lipinski definition) is 1. The molecule has 0 fully saturated rings. The third-order valence-corrected chi connectivity index (χ3v) is 7.52. The number of nitro groups is 1. The fraction of sp³-hybridized carbons (Fsp3) is 0.208. The summed E-state index contributed by atoms with van der Waals surface area (Å²) >= 11 is 0. The molecule has 0 saturated carbocycles. The number of carbonyl (C=O) groups excluding carboxylic acids is 1. The molecule has 4 rings (SSSR count).